The molecule has 5 nitrogen and oxygen atoms in total. The fraction of sp³-hybridized carbons (Fsp3) is 0.143. The van der Waals surface area contributed by atoms with Crippen molar-refractivity contribution < 1.29 is 9.53 Å². The van der Waals surface area contributed by atoms with Crippen LogP contribution in [0.3, 0.4) is 0 Å². The highest BCUT2D eigenvalue weighted by Gasteiger charge is 2.14. The van der Waals surface area contributed by atoms with Gasteiger partial charge in [-0.25, -0.2) is 4.98 Å². The molecule has 0 saturated carbocycles. The third-order valence-electron chi connectivity index (χ3n) is 2.78. The first kappa shape index (κ1) is 14.1. The average molecular weight is 292 g/mol. The molecule has 2 aromatic rings. The zero-order valence-electron chi connectivity index (χ0n) is 11.1. The summed E-state index contributed by atoms with van der Waals surface area (Å²) >= 11 is 6.02. The number of ether oxygens (including phenoxy) is 1. The van der Waals surface area contributed by atoms with Gasteiger partial charge in [0.25, 0.3) is 5.91 Å². The van der Waals surface area contributed by atoms with Crippen molar-refractivity contribution in [3.63, 3.8) is 0 Å². The summed E-state index contributed by atoms with van der Waals surface area (Å²) in [6.07, 6.45) is 1.51. The number of hydrogen-bond acceptors (Lipinski definition) is 4. The van der Waals surface area contributed by atoms with Crippen LogP contribution in [-0.4, -0.2) is 18.0 Å². The van der Waals surface area contributed by atoms with E-state index in [4.69, 9.17) is 22.1 Å². The molecule has 1 aromatic heterocycles. The van der Waals surface area contributed by atoms with E-state index >= 15 is 0 Å². The molecule has 6 heteroatoms. The molecular weight excluding hydrogens is 278 g/mol. The lowest BCUT2D eigenvalue weighted by Gasteiger charge is -2.12. The lowest BCUT2D eigenvalue weighted by atomic mass is 10.2. The number of nitrogens with one attached hydrogen (secondary N) is 1. The summed E-state index contributed by atoms with van der Waals surface area (Å²) in [5, 5.41) is 3.29. The molecule has 0 aliphatic heterocycles. The van der Waals surface area contributed by atoms with Crippen molar-refractivity contribution in [3.05, 3.63) is 46.7 Å². The first-order valence-corrected chi connectivity index (χ1v) is 6.26. The van der Waals surface area contributed by atoms with Crippen LogP contribution in [0.4, 0.5) is 11.4 Å². The van der Waals surface area contributed by atoms with Crippen LogP contribution in [0.5, 0.6) is 5.75 Å². The summed E-state index contributed by atoms with van der Waals surface area (Å²) in [5.41, 5.74) is 7.56. The van der Waals surface area contributed by atoms with Gasteiger partial charge in [-0.2, -0.15) is 0 Å². The Bertz CT molecular complexity index is 659. The van der Waals surface area contributed by atoms with Gasteiger partial charge in [0.2, 0.25) is 0 Å². The number of nitrogen functional groups attached to an aromatic ring is 1. The Morgan fingerprint density at radius 1 is 1.45 bits per heavy atom. The molecule has 0 atom stereocenters. The van der Waals surface area contributed by atoms with Gasteiger partial charge in [-0.3, -0.25) is 4.79 Å². The molecule has 0 aliphatic rings. The van der Waals surface area contributed by atoms with Crippen molar-refractivity contribution >= 4 is 28.9 Å². The number of aromatic nitrogens is 1. The fourth-order valence-electron chi connectivity index (χ4n) is 1.72. The lowest BCUT2D eigenvalue weighted by molar-refractivity contribution is 0.102. The Kier molecular flexibility index (Phi) is 4.10. The summed E-state index contributed by atoms with van der Waals surface area (Å²) in [7, 11) is 1.51. The fourth-order valence-corrected chi connectivity index (χ4v) is 1.87. The van der Waals surface area contributed by atoms with Gasteiger partial charge < -0.3 is 15.8 Å². The van der Waals surface area contributed by atoms with E-state index in [2.05, 4.69) is 10.3 Å². The maximum absolute atomic E-state index is 12.2. The third-order valence-corrected chi connectivity index (χ3v) is 3.19. The van der Waals surface area contributed by atoms with Crippen molar-refractivity contribution in [2.75, 3.05) is 18.2 Å². The van der Waals surface area contributed by atoms with Gasteiger partial charge in [-0.15, -0.1) is 0 Å². The number of nitrogens with two attached hydrogens (primary N) is 1. The van der Waals surface area contributed by atoms with Crippen LogP contribution >= 0.6 is 11.6 Å². The van der Waals surface area contributed by atoms with Gasteiger partial charge in [0.15, 0.2) is 5.69 Å². The first-order valence-electron chi connectivity index (χ1n) is 5.89. The van der Waals surface area contributed by atoms with Crippen LogP contribution in [0.15, 0.2) is 30.5 Å². The van der Waals surface area contributed by atoms with Crippen LogP contribution in [0.1, 0.15) is 16.1 Å². The van der Waals surface area contributed by atoms with Crippen LogP contribution in [-0.2, 0) is 0 Å². The second kappa shape index (κ2) is 5.79. The highest BCUT2D eigenvalue weighted by atomic mass is 35.5. The van der Waals surface area contributed by atoms with Crippen molar-refractivity contribution in [1.29, 1.82) is 0 Å². The molecule has 0 aliphatic carbocycles. The zero-order valence-corrected chi connectivity index (χ0v) is 11.9. The van der Waals surface area contributed by atoms with E-state index in [0.29, 0.717) is 22.1 Å². The van der Waals surface area contributed by atoms with E-state index in [1.807, 2.05) is 6.92 Å². The highest BCUT2D eigenvalue weighted by molar-refractivity contribution is 6.31. The van der Waals surface area contributed by atoms with Gasteiger partial charge in [0.05, 0.1) is 18.5 Å². The number of benzene rings is 1. The minimum Gasteiger partial charge on any atom is -0.495 e. The summed E-state index contributed by atoms with van der Waals surface area (Å²) in [6, 6.07) is 6.66. The Hall–Kier alpha value is -2.27. The van der Waals surface area contributed by atoms with E-state index < -0.39 is 5.91 Å². The lowest BCUT2D eigenvalue weighted by Crippen LogP contribution is -2.16. The Labute approximate surface area is 121 Å². The second-order valence-corrected chi connectivity index (χ2v) is 4.60. The topological polar surface area (TPSA) is 77.2 Å². The third kappa shape index (κ3) is 2.83. The van der Waals surface area contributed by atoms with Crippen LogP contribution in [0.2, 0.25) is 5.02 Å². The molecule has 20 heavy (non-hydrogen) atoms. The highest BCUT2D eigenvalue weighted by Crippen LogP contribution is 2.31. The predicted molar refractivity (Wildman–Crippen MR) is 79.3 cm³/mol. The Balaban J connectivity index is 2.33. The quantitative estimate of drug-likeness (QED) is 0.911. The van der Waals surface area contributed by atoms with Crippen LogP contribution < -0.4 is 15.8 Å². The Morgan fingerprint density at radius 2 is 2.20 bits per heavy atom. The number of pyridine rings is 1. The van der Waals surface area contributed by atoms with Crippen molar-refractivity contribution in [1.82, 2.24) is 4.98 Å². The van der Waals surface area contributed by atoms with Crippen molar-refractivity contribution in [2.24, 2.45) is 0 Å². The number of methoxy groups -OCH3 is 1. The molecule has 1 aromatic carbocycles. The number of anilines is 2. The minimum atomic E-state index is -0.400. The zero-order chi connectivity index (χ0) is 14.7. The number of hydrogen-bond donors (Lipinski definition) is 2. The molecule has 1 heterocycles. The molecule has 0 radical (unpaired) electrons. The normalized spacial score (nSPS) is 10.2. The number of rotatable bonds is 3. The van der Waals surface area contributed by atoms with Crippen LogP contribution in [0.25, 0.3) is 0 Å². The minimum absolute atomic E-state index is 0.169. The maximum atomic E-state index is 12.2. The number of aryl methyl sites for hydroxylation is 1. The molecule has 0 fully saturated rings. The van der Waals surface area contributed by atoms with E-state index in [-0.39, 0.29) is 5.69 Å². The van der Waals surface area contributed by atoms with E-state index in [1.54, 1.807) is 24.3 Å². The standard InChI is InChI=1S/C14H14ClN3O2/c1-8-6-11(12(20-2)7-9(8)15)18-14(19)13-10(16)4-3-5-17-13/h3-7H,16H2,1-2H3,(H,18,19). The number of amides is 1. The monoisotopic (exact) mass is 291 g/mol. The van der Waals surface area contributed by atoms with Gasteiger partial charge in [0, 0.05) is 17.3 Å². The maximum Gasteiger partial charge on any atom is 0.276 e. The molecule has 0 saturated heterocycles. The summed E-state index contributed by atoms with van der Waals surface area (Å²) < 4.78 is 5.20. The van der Waals surface area contributed by atoms with E-state index in [0.717, 1.165) is 5.56 Å². The van der Waals surface area contributed by atoms with Crippen LogP contribution in [0, 0.1) is 6.92 Å². The molecular formula is C14H14ClN3O2. The molecule has 0 bridgehead atoms. The molecule has 0 unspecified atom stereocenters. The summed E-state index contributed by atoms with van der Waals surface area (Å²) in [4.78, 5) is 16.1. The van der Waals surface area contributed by atoms with Gasteiger partial charge in [-0.05, 0) is 30.7 Å². The summed E-state index contributed by atoms with van der Waals surface area (Å²) in [5.74, 6) is 0.0755. The van der Waals surface area contributed by atoms with E-state index in [1.165, 1.54) is 13.3 Å². The number of halogens is 1. The average Bonchev–Trinajstić information content (AvgIpc) is 2.43. The van der Waals surface area contributed by atoms with Gasteiger partial charge >= 0.3 is 0 Å². The largest absolute Gasteiger partial charge is 0.495 e. The molecule has 0 spiro atoms. The Morgan fingerprint density at radius 3 is 2.85 bits per heavy atom. The van der Waals surface area contributed by atoms with Gasteiger partial charge in [-0.1, -0.05) is 11.6 Å². The first-order chi connectivity index (χ1) is 9.52. The predicted octanol–water partition coefficient (Wildman–Crippen LogP) is 2.89. The van der Waals surface area contributed by atoms with E-state index in [9.17, 15) is 4.79 Å². The number of carbonyl (C=O) groups excluding carboxylic acids is 1. The van der Waals surface area contributed by atoms with Gasteiger partial charge in [0.1, 0.15) is 5.75 Å². The summed E-state index contributed by atoms with van der Waals surface area (Å²) in [6.45, 7) is 1.84. The molecule has 3 N–H and O–H groups in total. The number of nitrogens with zero attached hydrogens (tertiary/aromatic N) is 1. The SMILES string of the molecule is COc1cc(Cl)c(C)cc1NC(=O)c1ncccc1N. The smallest absolute Gasteiger partial charge is 0.276 e. The second-order valence-electron chi connectivity index (χ2n) is 4.20. The molecule has 1 amide bonds. The van der Waals surface area contributed by atoms with Crippen molar-refractivity contribution in [2.45, 2.75) is 6.92 Å². The number of carbonyl (C=O) groups is 1. The molecule has 2 rings (SSSR count). The van der Waals surface area contributed by atoms with Crippen molar-refractivity contribution in [3.8, 4) is 5.75 Å². The molecule has 104 valence electrons.